The molecule has 2 heteroatoms. The fourth-order valence-electron chi connectivity index (χ4n) is 3.75. The van der Waals surface area contributed by atoms with Crippen LogP contribution >= 0.6 is 11.6 Å². The van der Waals surface area contributed by atoms with Gasteiger partial charge in [0.25, 0.3) is 0 Å². The summed E-state index contributed by atoms with van der Waals surface area (Å²) in [5.41, 5.74) is 3.84. The van der Waals surface area contributed by atoms with Crippen LogP contribution in [0.5, 0.6) is 0 Å². The fraction of sp³-hybridized carbons (Fsp3) is 0.0909. The quantitative estimate of drug-likeness (QED) is 0.366. The molecule has 24 heavy (non-hydrogen) atoms. The second-order valence-electron chi connectivity index (χ2n) is 6.34. The maximum absolute atomic E-state index is 6.17. The smallest absolute Gasteiger partial charge is 0.0544 e. The highest BCUT2D eigenvalue weighted by molar-refractivity contribution is 6.30. The molecule has 1 aliphatic rings. The highest BCUT2D eigenvalue weighted by Gasteiger charge is 2.15. The molecule has 0 amide bonds. The van der Waals surface area contributed by atoms with Crippen LogP contribution in [0, 0.1) is 0 Å². The van der Waals surface area contributed by atoms with E-state index in [9.17, 15) is 0 Å². The topological polar surface area (TPSA) is 4.93 Å². The summed E-state index contributed by atoms with van der Waals surface area (Å²) in [5.74, 6) is 0. The molecular weight excluding hydrogens is 314 g/mol. The summed E-state index contributed by atoms with van der Waals surface area (Å²) in [5, 5.41) is 6.11. The van der Waals surface area contributed by atoms with Crippen molar-refractivity contribution < 1.29 is 0 Å². The minimum atomic E-state index is 0.912. The molecule has 0 radical (unpaired) electrons. The van der Waals surface area contributed by atoms with Crippen LogP contribution in [0.4, 0.5) is 0 Å². The molecule has 0 fully saturated rings. The van der Waals surface area contributed by atoms with E-state index >= 15 is 0 Å². The average molecular weight is 330 g/mol. The van der Waals surface area contributed by atoms with E-state index in [2.05, 4.69) is 71.3 Å². The van der Waals surface area contributed by atoms with Gasteiger partial charge in [0.05, 0.1) is 11.0 Å². The summed E-state index contributed by atoms with van der Waals surface area (Å²) in [7, 11) is 0. The van der Waals surface area contributed by atoms with Gasteiger partial charge in [-0.1, -0.05) is 54.1 Å². The Balaban J connectivity index is 1.94. The number of benzene rings is 3. The van der Waals surface area contributed by atoms with Gasteiger partial charge in [0.15, 0.2) is 0 Å². The van der Waals surface area contributed by atoms with Gasteiger partial charge in [0.1, 0.15) is 0 Å². The SMILES string of the molecule is ClC1=CC=C(n2c3ccccc3c3cc4ccccc4cc32)CC1. The Morgan fingerprint density at radius 1 is 0.708 bits per heavy atom. The summed E-state index contributed by atoms with van der Waals surface area (Å²) >= 11 is 6.17. The first-order chi connectivity index (χ1) is 11.8. The Bertz CT molecular complexity index is 1160. The van der Waals surface area contributed by atoms with Crippen molar-refractivity contribution in [1.82, 2.24) is 4.57 Å². The van der Waals surface area contributed by atoms with Crippen molar-refractivity contribution in [1.29, 1.82) is 0 Å². The van der Waals surface area contributed by atoms with Crippen LogP contribution in [0.1, 0.15) is 12.8 Å². The van der Waals surface area contributed by atoms with Crippen LogP contribution in [0.25, 0.3) is 38.3 Å². The number of para-hydroxylation sites is 1. The molecule has 5 rings (SSSR count). The number of hydrogen-bond acceptors (Lipinski definition) is 0. The Hall–Kier alpha value is -2.51. The zero-order valence-corrected chi connectivity index (χ0v) is 13.9. The number of fused-ring (bicyclic) bond motifs is 4. The largest absolute Gasteiger partial charge is 0.313 e. The van der Waals surface area contributed by atoms with Crippen molar-refractivity contribution in [2.24, 2.45) is 0 Å². The molecule has 1 nitrogen and oxygen atoms in total. The molecule has 1 heterocycles. The lowest BCUT2D eigenvalue weighted by Gasteiger charge is -2.15. The molecule has 1 aromatic heterocycles. The van der Waals surface area contributed by atoms with E-state index < -0.39 is 0 Å². The number of halogens is 1. The molecule has 0 atom stereocenters. The average Bonchev–Trinajstić information content (AvgIpc) is 2.94. The van der Waals surface area contributed by atoms with E-state index in [1.807, 2.05) is 6.08 Å². The first-order valence-electron chi connectivity index (χ1n) is 8.29. The standard InChI is InChI=1S/C22H16ClN/c23-17-9-11-18(12-10-17)24-21-8-4-3-7-19(21)20-13-15-5-1-2-6-16(15)14-22(20)24/h1-9,11,13-14H,10,12H2. The van der Waals surface area contributed by atoms with Gasteiger partial charge < -0.3 is 4.57 Å². The van der Waals surface area contributed by atoms with Crippen LogP contribution in [0.15, 0.2) is 77.8 Å². The van der Waals surface area contributed by atoms with E-state index in [0.29, 0.717) is 0 Å². The third-order valence-corrected chi connectivity index (χ3v) is 5.22. The van der Waals surface area contributed by atoms with Gasteiger partial charge in [-0.2, -0.15) is 0 Å². The Morgan fingerprint density at radius 2 is 1.46 bits per heavy atom. The second kappa shape index (κ2) is 5.25. The number of nitrogens with zero attached hydrogens (tertiary/aromatic N) is 1. The third-order valence-electron chi connectivity index (χ3n) is 4.90. The lowest BCUT2D eigenvalue weighted by molar-refractivity contribution is 0.966. The Labute approximate surface area is 145 Å². The van der Waals surface area contributed by atoms with Crippen LogP contribution in [0.3, 0.4) is 0 Å². The maximum atomic E-state index is 6.17. The molecule has 0 saturated heterocycles. The summed E-state index contributed by atoms with van der Waals surface area (Å²) in [4.78, 5) is 0. The van der Waals surface area contributed by atoms with Crippen molar-refractivity contribution in [2.75, 3.05) is 0 Å². The number of rotatable bonds is 1. The van der Waals surface area contributed by atoms with Crippen LogP contribution in [0.2, 0.25) is 0 Å². The number of hydrogen-bond donors (Lipinski definition) is 0. The summed E-state index contributed by atoms with van der Waals surface area (Å²) < 4.78 is 2.40. The van der Waals surface area contributed by atoms with Gasteiger partial charge in [0, 0.05) is 21.5 Å². The molecule has 0 N–H and O–H groups in total. The first kappa shape index (κ1) is 13.9. The molecule has 3 aromatic carbocycles. The van der Waals surface area contributed by atoms with Gasteiger partial charge in [0.2, 0.25) is 0 Å². The molecule has 1 aliphatic carbocycles. The van der Waals surface area contributed by atoms with Crippen molar-refractivity contribution >= 4 is 49.9 Å². The van der Waals surface area contributed by atoms with E-state index in [1.165, 1.54) is 38.3 Å². The minimum Gasteiger partial charge on any atom is -0.313 e. The molecule has 116 valence electrons. The zero-order valence-electron chi connectivity index (χ0n) is 13.2. The maximum Gasteiger partial charge on any atom is 0.0544 e. The van der Waals surface area contributed by atoms with Crippen LogP contribution < -0.4 is 0 Å². The first-order valence-corrected chi connectivity index (χ1v) is 8.66. The summed E-state index contributed by atoms with van der Waals surface area (Å²) in [6, 6.07) is 21.9. The normalized spacial score (nSPS) is 15.0. The van der Waals surface area contributed by atoms with Gasteiger partial charge in [-0.05, 0) is 54.0 Å². The summed E-state index contributed by atoms with van der Waals surface area (Å²) in [6.07, 6.45) is 6.07. The second-order valence-corrected chi connectivity index (χ2v) is 6.83. The molecular formula is C22H16ClN. The van der Waals surface area contributed by atoms with Gasteiger partial charge in [-0.15, -0.1) is 0 Å². The molecule has 0 unspecified atom stereocenters. The molecule has 0 saturated carbocycles. The molecule has 0 aliphatic heterocycles. The van der Waals surface area contributed by atoms with Gasteiger partial charge in [-0.3, -0.25) is 0 Å². The lowest BCUT2D eigenvalue weighted by Crippen LogP contribution is -1.99. The predicted molar refractivity (Wildman–Crippen MR) is 104 cm³/mol. The van der Waals surface area contributed by atoms with E-state index in [-0.39, 0.29) is 0 Å². The fourth-order valence-corrected chi connectivity index (χ4v) is 3.91. The Kier molecular flexibility index (Phi) is 3.04. The highest BCUT2D eigenvalue weighted by atomic mass is 35.5. The zero-order chi connectivity index (χ0) is 16.1. The number of allylic oxidation sites excluding steroid dienone is 4. The predicted octanol–water partition coefficient (Wildman–Crippen LogP) is 6.71. The summed E-state index contributed by atoms with van der Waals surface area (Å²) in [6.45, 7) is 0. The van der Waals surface area contributed by atoms with Crippen molar-refractivity contribution in [3.63, 3.8) is 0 Å². The van der Waals surface area contributed by atoms with Gasteiger partial charge in [-0.25, -0.2) is 0 Å². The number of aromatic nitrogens is 1. The van der Waals surface area contributed by atoms with Gasteiger partial charge >= 0.3 is 0 Å². The van der Waals surface area contributed by atoms with Crippen molar-refractivity contribution in [2.45, 2.75) is 12.8 Å². The molecule has 0 bridgehead atoms. The van der Waals surface area contributed by atoms with Crippen molar-refractivity contribution in [3.05, 3.63) is 77.8 Å². The van der Waals surface area contributed by atoms with E-state index in [1.54, 1.807) is 0 Å². The van der Waals surface area contributed by atoms with E-state index in [0.717, 1.165) is 17.9 Å². The molecule has 4 aromatic rings. The minimum absolute atomic E-state index is 0.912. The molecule has 0 spiro atoms. The van der Waals surface area contributed by atoms with Crippen molar-refractivity contribution in [3.8, 4) is 0 Å². The van der Waals surface area contributed by atoms with Crippen LogP contribution in [-0.4, -0.2) is 4.57 Å². The lowest BCUT2D eigenvalue weighted by atomic mass is 10.1. The third kappa shape index (κ3) is 2.02. The Morgan fingerprint density at radius 3 is 2.25 bits per heavy atom. The van der Waals surface area contributed by atoms with E-state index in [4.69, 9.17) is 11.6 Å². The monoisotopic (exact) mass is 329 g/mol. The highest BCUT2D eigenvalue weighted by Crippen LogP contribution is 2.36. The van der Waals surface area contributed by atoms with Crippen LogP contribution in [-0.2, 0) is 0 Å².